The lowest BCUT2D eigenvalue weighted by atomic mass is 9.85. The summed E-state index contributed by atoms with van der Waals surface area (Å²) in [5, 5.41) is 20.6. The monoisotopic (exact) mass is 334 g/mol. The second-order valence-electron chi connectivity index (χ2n) is 7.52. The highest BCUT2D eigenvalue weighted by molar-refractivity contribution is 8.18. The number of carbonyl (C=O) groups excluding carboxylic acids is 1. The lowest BCUT2D eigenvalue weighted by Crippen LogP contribution is -2.21. The van der Waals surface area contributed by atoms with Gasteiger partial charge in [-0.3, -0.25) is 10.2 Å². The average Bonchev–Trinajstić information content (AvgIpc) is 2.67. The molecule has 23 heavy (non-hydrogen) atoms. The van der Waals surface area contributed by atoms with Gasteiger partial charge in [-0.1, -0.05) is 41.5 Å². The minimum Gasteiger partial charge on any atom is -0.504 e. The standard InChI is InChI=1S/C16H22N4O2S/c1-15(2,3)11-10(21)12(16(4,5)6)19-9(18-11)7-8-13(22)20-14(17)23-8/h7,21H,1-6H3,(H2,17,20,22). The van der Waals surface area contributed by atoms with Gasteiger partial charge in [0.15, 0.2) is 16.7 Å². The van der Waals surface area contributed by atoms with Crippen molar-refractivity contribution in [2.75, 3.05) is 0 Å². The molecule has 1 aromatic heterocycles. The molecule has 2 rings (SSSR count). The lowest BCUT2D eigenvalue weighted by molar-refractivity contribution is -0.115. The molecule has 1 aliphatic heterocycles. The molecular formula is C16H22N4O2S. The predicted molar refractivity (Wildman–Crippen MR) is 92.5 cm³/mol. The fourth-order valence-electron chi connectivity index (χ4n) is 2.14. The molecule has 124 valence electrons. The third-order valence-corrected chi connectivity index (χ3v) is 4.07. The quantitative estimate of drug-likeness (QED) is 0.686. The maximum Gasteiger partial charge on any atom is 0.264 e. The molecule has 0 aliphatic carbocycles. The molecule has 1 aliphatic rings. The van der Waals surface area contributed by atoms with Crippen LogP contribution in [0.1, 0.15) is 58.8 Å². The van der Waals surface area contributed by atoms with Crippen LogP contribution in [0, 0.1) is 5.41 Å². The molecular weight excluding hydrogens is 312 g/mol. The van der Waals surface area contributed by atoms with Crippen molar-refractivity contribution in [3.8, 4) is 5.75 Å². The highest BCUT2D eigenvalue weighted by Crippen LogP contribution is 2.37. The molecule has 0 aromatic carbocycles. The summed E-state index contributed by atoms with van der Waals surface area (Å²) in [5.74, 6) is 0.139. The van der Waals surface area contributed by atoms with Crippen molar-refractivity contribution >= 4 is 28.9 Å². The maximum absolute atomic E-state index is 11.8. The number of nitrogens with one attached hydrogen (secondary N) is 2. The van der Waals surface area contributed by atoms with Crippen molar-refractivity contribution in [1.82, 2.24) is 15.3 Å². The van der Waals surface area contributed by atoms with Crippen LogP contribution in [0.3, 0.4) is 0 Å². The number of amidine groups is 1. The molecule has 1 amide bonds. The highest BCUT2D eigenvalue weighted by atomic mass is 32.2. The predicted octanol–water partition coefficient (Wildman–Crippen LogP) is 2.92. The highest BCUT2D eigenvalue weighted by Gasteiger charge is 2.30. The van der Waals surface area contributed by atoms with Crippen molar-refractivity contribution in [1.29, 1.82) is 5.41 Å². The summed E-state index contributed by atoms with van der Waals surface area (Å²) in [6, 6.07) is 0. The number of amides is 1. The van der Waals surface area contributed by atoms with E-state index in [-0.39, 0.29) is 27.7 Å². The molecule has 0 atom stereocenters. The molecule has 0 unspecified atom stereocenters. The van der Waals surface area contributed by atoms with Crippen LogP contribution in [0.4, 0.5) is 0 Å². The second kappa shape index (κ2) is 5.63. The van der Waals surface area contributed by atoms with Gasteiger partial charge in [-0.2, -0.15) is 0 Å². The Kier molecular flexibility index (Phi) is 4.28. The van der Waals surface area contributed by atoms with Gasteiger partial charge in [0.05, 0.1) is 16.3 Å². The second-order valence-corrected chi connectivity index (χ2v) is 8.57. The number of carbonyl (C=O) groups is 1. The molecule has 1 saturated heterocycles. The zero-order valence-corrected chi connectivity index (χ0v) is 15.1. The van der Waals surface area contributed by atoms with Crippen molar-refractivity contribution in [2.24, 2.45) is 0 Å². The number of aromatic hydroxyl groups is 1. The largest absolute Gasteiger partial charge is 0.504 e. The topological polar surface area (TPSA) is 99.0 Å². The van der Waals surface area contributed by atoms with Crippen LogP contribution >= 0.6 is 11.8 Å². The molecule has 6 nitrogen and oxygen atoms in total. The first-order chi connectivity index (χ1) is 10.4. The van der Waals surface area contributed by atoms with Crippen LogP contribution in [0.15, 0.2) is 4.91 Å². The molecule has 0 saturated carbocycles. The third kappa shape index (κ3) is 3.72. The van der Waals surface area contributed by atoms with Crippen LogP contribution in [0.25, 0.3) is 6.08 Å². The van der Waals surface area contributed by atoms with Crippen LogP contribution in [0.2, 0.25) is 0 Å². The van der Waals surface area contributed by atoms with E-state index in [1.165, 1.54) is 0 Å². The Morgan fingerprint density at radius 1 is 1.09 bits per heavy atom. The summed E-state index contributed by atoms with van der Waals surface area (Å²) in [4.78, 5) is 21.0. The summed E-state index contributed by atoms with van der Waals surface area (Å²) >= 11 is 1.04. The van der Waals surface area contributed by atoms with E-state index in [1.54, 1.807) is 6.08 Å². The van der Waals surface area contributed by atoms with E-state index in [1.807, 2.05) is 41.5 Å². The van der Waals surface area contributed by atoms with E-state index < -0.39 is 0 Å². The number of rotatable bonds is 1. The van der Waals surface area contributed by atoms with E-state index >= 15 is 0 Å². The minimum absolute atomic E-state index is 0.0899. The van der Waals surface area contributed by atoms with Gasteiger partial charge in [-0.15, -0.1) is 0 Å². The van der Waals surface area contributed by atoms with E-state index in [4.69, 9.17) is 5.41 Å². The van der Waals surface area contributed by atoms with Crippen LogP contribution in [-0.4, -0.2) is 26.1 Å². The average molecular weight is 334 g/mol. The molecule has 0 bridgehead atoms. The van der Waals surface area contributed by atoms with Gasteiger partial charge >= 0.3 is 0 Å². The van der Waals surface area contributed by atoms with Gasteiger partial charge in [0, 0.05) is 16.9 Å². The van der Waals surface area contributed by atoms with E-state index in [2.05, 4.69) is 15.3 Å². The molecule has 0 radical (unpaired) electrons. The first kappa shape index (κ1) is 17.5. The smallest absolute Gasteiger partial charge is 0.264 e. The van der Waals surface area contributed by atoms with E-state index in [9.17, 15) is 9.90 Å². The Bertz CT molecular complexity index is 677. The number of nitrogens with zero attached hydrogens (tertiary/aromatic N) is 2. The fraction of sp³-hybridized carbons (Fsp3) is 0.500. The van der Waals surface area contributed by atoms with Crippen molar-refractivity contribution in [3.63, 3.8) is 0 Å². The summed E-state index contributed by atoms with van der Waals surface area (Å²) in [6.45, 7) is 11.8. The Morgan fingerprint density at radius 2 is 1.57 bits per heavy atom. The maximum atomic E-state index is 11.8. The molecule has 1 aromatic rings. The first-order valence-corrected chi connectivity index (χ1v) is 8.12. The summed E-state index contributed by atoms with van der Waals surface area (Å²) in [7, 11) is 0. The van der Waals surface area contributed by atoms with Gasteiger partial charge in [-0.05, 0) is 11.8 Å². The minimum atomic E-state index is -0.363. The molecule has 2 heterocycles. The molecule has 3 N–H and O–H groups in total. The van der Waals surface area contributed by atoms with Gasteiger partial charge < -0.3 is 10.4 Å². The van der Waals surface area contributed by atoms with Gasteiger partial charge in [0.1, 0.15) is 0 Å². The fourth-order valence-corrected chi connectivity index (χ4v) is 2.81. The molecule has 0 spiro atoms. The van der Waals surface area contributed by atoms with Gasteiger partial charge in [0.25, 0.3) is 5.91 Å². The SMILES string of the molecule is CC(C)(C)c1nc(C=C2SC(=N)NC2=O)nc(C(C)(C)C)c1O. The van der Waals surface area contributed by atoms with E-state index in [0.717, 1.165) is 11.8 Å². The van der Waals surface area contributed by atoms with Gasteiger partial charge in [-0.25, -0.2) is 9.97 Å². The normalized spacial score (nSPS) is 17.7. The van der Waals surface area contributed by atoms with Crippen molar-refractivity contribution < 1.29 is 9.90 Å². The number of aromatic nitrogens is 2. The lowest BCUT2D eigenvalue weighted by Gasteiger charge is -2.25. The van der Waals surface area contributed by atoms with Crippen molar-refractivity contribution in [3.05, 3.63) is 22.1 Å². The number of thioether (sulfide) groups is 1. The summed E-state index contributed by atoms with van der Waals surface area (Å²) in [6.07, 6.45) is 1.56. The number of hydrogen-bond donors (Lipinski definition) is 3. The Balaban J connectivity index is 2.64. The Hall–Kier alpha value is -1.89. The van der Waals surface area contributed by atoms with E-state index in [0.29, 0.717) is 22.1 Å². The zero-order valence-electron chi connectivity index (χ0n) is 14.2. The van der Waals surface area contributed by atoms with Crippen LogP contribution in [-0.2, 0) is 15.6 Å². The zero-order chi connectivity index (χ0) is 17.6. The summed E-state index contributed by atoms with van der Waals surface area (Å²) in [5.41, 5.74) is 0.362. The molecule has 1 fully saturated rings. The third-order valence-electron chi connectivity index (χ3n) is 3.25. The summed E-state index contributed by atoms with van der Waals surface area (Å²) < 4.78 is 0. The van der Waals surface area contributed by atoms with Crippen molar-refractivity contribution in [2.45, 2.75) is 52.4 Å². The first-order valence-electron chi connectivity index (χ1n) is 7.31. The van der Waals surface area contributed by atoms with Crippen LogP contribution < -0.4 is 5.32 Å². The Morgan fingerprint density at radius 3 is 1.91 bits per heavy atom. The number of hydrogen-bond acceptors (Lipinski definition) is 6. The Labute approximate surface area is 140 Å². The molecule has 7 heteroatoms. The van der Waals surface area contributed by atoms with Crippen LogP contribution in [0.5, 0.6) is 5.75 Å². The van der Waals surface area contributed by atoms with Gasteiger partial charge in [0.2, 0.25) is 0 Å².